The van der Waals surface area contributed by atoms with Crippen LogP contribution in [-0.4, -0.2) is 27.3 Å². The van der Waals surface area contributed by atoms with Gasteiger partial charge in [-0.1, -0.05) is 0 Å². The highest BCUT2D eigenvalue weighted by molar-refractivity contribution is 5.71. The van der Waals surface area contributed by atoms with Gasteiger partial charge in [-0.25, -0.2) is 0 Å². The van der Waals surface area contributed by atoms with Crippen molar-refractivity contribution in [3.05, 3.63) is 17.8 Å². The molecule has 1 heterocycles. The molecule has 1 rings (SSSR count). The van der Waals surface area contributed by atoms with Crippen molar-refractivity contribution in [3.8, 4) is 6.07 Å². The summed E-state index contributed by atoms with van der Waals surface area (Å²) >= 11 is 0. The van der Waals surface area contributed by atoms with Gasteiger partial charge in [-0.15, -0.1) is 5.10 Å². The first-order valence-corrected chi connectivity index (χ1v) is 4.77. The van der Waals surface area contributed by atoms with Gasteiger partial charge in [0, 0.05) is 6.04 Å². The summed E-state index contributed by atoms with van der Waals surface area (Å²) in [6.07, 6.45) is 1.41. The second kappa shape index (κ2) is 5.07. The van der Waals surface area contributed by atoms with Gasteiger partial charge < -0.3 is 10.4 Å². The van der Waals surface area contributed by atoms with Crippen molar-refractivity contribution in [1.29, 1.82) is 5.26 Å². The van der Waals surface area contributed by atoms with Crippen molar-refractivity contribution in [2.24, 2.45) is 5.92 Å². The first kappa shape index (κ1) is 11.9. The maximum Gasteiger partial charge on any atom is 0.308 e. The molecule has 2 unspecified atom stereocenters. The molecule has 0 saturated heterocycles. The molecule has 1 aromatic rings. The van der Waals surface area contributed by atoms with Crippen LogP contribution in [0, 0.1) is 17.2 Å². The largest absolute Gasteiger partial charge is 0.481 e. The van der Waals surface area contributed by atoms with Crippen LogP contribution in [-0.2, 0) is 4.79 Å². The van der Waals surface area contributed by atoms with Gasteiger partial charge in [0.15, 0.2) is 5.82 Å². The van der Waals surface area contributed by atoms with E-state index in [1.807, 2.05) is 6.07 Å². The van der Waals surface area contributed by atoms with E-state index in [2.05, 4.69) is 15.5 Å². The molecule has 0 aliphatic rings. The van der Waals surface area contributed by atoms with E-state index >= 15 is 0 Å². The summed E-state index contributed by atoms with van der Waals surface area (Å²) in [5, 5.41) is 27.9. The van der Waals surface area contributed by atoms with Gasteiger partial charge in [0.05, 0.1) is 17.7 Å². The highest BCUT2D eigenvalue weighted by atomic mass is 16.4. The number of rotatable bonds is 4. The van der Waals surface area contributed by atoms with E-state index in [0.29, 0.717) is 11.4 Å². The average Bonchev–Trinajstić information content (AvgIpc) is 2.28. The van der Waals surface area contributed by atoms with Crippen LogP contribution in [0.1, 0.15) is 19.4 Å². The van der Waals surface area contributed by atoms with Crippen LogP contribution in [0.2, 0.25) is 0 Å². The fourth-order valence-corrected chi connectivity index (χ4v) is 1.08. The average molecular weight is 220 g/mol. The van der Waals surface area contributed by atoms with Crippen molar-refractivity contribution in [3.63, 3.8) is 0 Å². The molecule has 0 aliphatic heterocycles. The second-order valence-electron chi connectivity index (χ2n) is 3.47. The van der Waals surface area contributed by atoms with Crippen LogP contribution in [0.5, 0.6) is 0 Å². The zero-order chi connectivity index (χ0) is 12.1. The third kappa shape index (κ3) is 2.67. The quantitative estimate of drug-likeness (QED) is 0.781. The second-order valence-corrected chi connectivity index (χ2v) is 3.47. The van der Waals surface area contributed by atoms with Crippen molar-refractivity contribution in [1.82, 2.24) is 10.2 Å². The number of nitrogens with zero attached hydrogens (tertiary/aromatic N) is 3. The number of aromatic nitrogens is 2. The minimum Gasteiger partial charge on any atom is -0.481 e. The summed E-state index contributed by atoms with van der Waals surface area (Å²) in [7, 11) is 0. The van der Waals surface area contributed by atoms with Gasteiger partial charge >= 0.3 is 5.97 Å². The van der Waals surface area contributed by atoms with Crippen LogP contribution in [0.15, 0.2) is 12.3 Å². The highest BCUT2D eigenvalue weighted by Gasteiger charge is 2.20. The Morgan fingerprint density at radius 2 is 2.31 bits per heavy atom. The predicted molar refractivity (Wildman–Crippen MR) is 56.6 cm³/mol. The molecule has 2 atom stereocenters. The highest BCUT2D eigenvalue weighted by Crippen LogP contribution is 2.13. The summed E-state index contributed by atoms with van der Waals surface area (Å²) in [4.78, 5) is 10.7. The van der Waals surface area contributed by atoms with Gasteiger partial charge in [0.2, 0.25) is 0 Å². The van der Waals surface area contributed by atoms with E-state index in [-0.39, 0.29) is 6.04 Å². The fourth-order valence-electron chi connectivity index (χ4n) is 1.08. The summed E-state index contributed by atoms with van der Waals surface area (Å²) in [5.41, 5.74) is 0.347. The van der Waals surface area contributed by atoms with Crippen LogP contribution in [0.4, 0.5) is 5.82 Å². The molecule has 0 radical (unpaired) electrons. The normalized spacial score (nSPS) is 13.6. The van der Waals surface area contributed by atoms with Crippen LogP contribution < -0.4 is 5.32 Å². The van der Waals surface area contributed by atoms with E-state index in [9.17, 15) is 4.79 Å². The Morgan fingerprint density at radius 3 is 2.88 bits per heavy atom. The molecule has 0 aliphatic carbocycles. The lowest BCUT2D eigenvalue weighted by molar-refractivity contribution is -0.141. The first-order chi connectivity index (χ1) is 7.56. The fraction of sp³-hybridized carbons (Fsp3) is 0.400. The zero-order valence-electron chi connectivity index (χ0n) is 9.01. The molecule has 0 amide bonds. The number of hydrogen-bond donors (Lipinski definition) is 2. The van der Waals surface area contributed by atoms with E-state index < -0.39 is 11.9 Å². The van der Waals surface area contributed by atoms with E-state index in [1.54, 1.807) is 13.8 Å². The zero-order valence-corrected chi connectivity index (χ0v) is 9.01. The third-order valence-corrected chi connectivity index (χ3v) is 2.35. The molecule has 2 N–H and O–H groups in total. The summed E-state index contributed by atoms with van der Waals surface area (Å²) < 4.78 is 0. The molecule has 84 valence electrons. The number of carboxylic acid groups (broad SMARTS) is 1. The number of aliphatic carboxylic acids is 1. The van der Waals surface area contributed by atoms with E-state index in [1.165, 1.54) is 12.3 Å². The van der Waals surface area contributed by atoms with Crippen molar-refractivity contribution >= 4 is 11.8 Å². The first-order valence-electron chi connectivity index (χ1n) is 4.77. The van der Waals surface area contributed by atoms with Crippen LogP contribution in [0.25, 0.3) is 0 Å². The molecule has 0 spiro atoms. The minimum absolute atomic E-state index is 0.311. The molecule has 0 saturated carbocycles. The van der Waals surface area contributed by atoms with Crippen LogP contribution in [0.3, 0.4) is 0 Å². The van der Waals surface area contributed by atoms with Gasteiger partial charge in [0.25, 0.3) is 0 Å². The predicted octanol–water partition coefficient (Wildman–Crippen LogP) is 0.869. The molecule has 6 nitrogen and oxygen atoms in total. The molecule has 6 heteroatoms. The number of anilines is 1. The third-order valence-electron chi connectivity index (χ3n) is 2.35. The lowest BCUT2D eigenvalue weighted by Crippen LogP contribution is -2.30. The van der Waals surface area contributed by atoms with E-state index in [0.717, 1.165) is 0 Å². The summed E-state index contributed by atoms with van der Waals surface area (Å²) in [5.74, 6) is -1.17. The summed E-state index contributed by atoms with van der Waals surface area (Å²) in [6.45, 7) is 3.30. The molecular weight excluding hydrogens is 208 g/mol. The van der Waals surface area contributed by atoms with Gasteiger partial charge in [0.1, 0.15) is 6.07 Å². The van der Waals surface area contributed by atoms with Crippen molar-refractivity contribution < 1.29 is 9.90 Å². The van der Waals surface area contributed by atoms with Crippen molar-refractivity contribution in [2.45, 2.75) is 19.9 Å². The Bertz CT molecular complexity index is 427. The molecular formula is C10H12N4O2. The minimum atomic E-state index is -0.901. The molecule has 16 heavy (non-hydrogen) atoms. The van der Waals surface area contributed by atoms with E-state index in [4.69, 9.17) is 10.4 Å². The van der Waals surface area contributed by atoms with Gasteiger partial charge in [-0.05, 0) is 19.9 Å². The number of carboxylic acids is 1. The number of hydrogen-bond acceptors (Lipinski definition) is 5. The SMILES string of the molecule is CC(Nc1nnccc1C#N)C(C)C(=O)O. The molecule has 1 aromatic heterocycles. The monoisotopic (exact) mass is 220 g/mol. The molecule has 0 bridgehead atoms. The maximum absolute atomic E-state index is 10.7. The Hall–Kier alpha value is -2.16. The smallest absolute Gasteiger partial charge is 0.308 e. The Balaban J connectivity index is 2.81. The number of nitriles is 1. The Kier molecular flexibility index (Phi) is 3.78. The molecule has 0 fully saturated rings. The topological polar surface area (TPSA) is 98.9 Å². The van der Waals surface area contributed by atoms with Crippen LogP contribution >= 0.6 is 0 Å². The molecule has 0 aromatic carbocycles. The Labute approximate surface area is 92.9 Å². The maximum atomic E-state index is 10.7. The lowest BCUT2D eigenvalue weighted by atomic mass is 10.0. The van der Waals surface area contributed by atoms with Crippen molar-refractivity contribution in [2.75, 3.05) is 5.32 Å². The lowest BCUT2D eigenvalue weighted by Gasteiger charge is -2.18. The van der Waals surface area contributed by atoms with Gasteiger partial charge in [-0.2, -0.15) is 10.4 Å². The number of nitrogens with one attached hydrogen (secondary N) is 1. The Morgan fingerprint density at radius 1 is 1.62 bits per heavy atom. The van der Waals surface area contributed by atoms with Gasteiger partial charge in [-0.3, -0.25) is 4.79 Å². The standard InChI is InChI=1S/C10H12N4O2/c1-6(10(15)16)7(2)13-9-8(5-11)3-4-12-14-9/h3-4,6-7H,1-2H3,(H,13,14)(H,15,16). The summed E-state index contributed by atoms with van der Waals surface area (Å²) in [6, 6.07) is 3.15. The number of carbonyl (C=O) groups is 1.